The van der Waals surface area contributed by atoms with Crippen LogP contribution in [0.2, 0.25) is 0 Å². The summed E-state index contributed by atoms with van der Waals surface area (Å²) in [5.74, 6) is 0.955. The maximum atomic E-state index is 12.3. The molecule has 8 heteroatoms. The van der Waals surface area contributed by atoms with Crippen molar-refractivity contribution < 1.29 is 14.3 Å². The van der Waals surface area contributed by atoms with Crippen molar-refractivity contribution in [2.24, 2.45) is 0 Å². The quantitative estimate of drug-likeness (QED) is 0.428. The number of pyridine rings is 1. The summed E-state index contributed by atoms with van der Waals surface area (Å²) in [6.45, 7) is 0.462. The third kappa shape index (κ3) is 5.90. The van der Waals surface area contributed by atoms with Crippen LogP contribution in [0.4, 0.5) is 0 Å². The maximum absolute atomic E-state index is 12.3. The molecule has 2 aromatic heterocycles. The number of hydrogen-bond donors (Lipinski definition) is 1. The molecule has 2 heterocycles. The molecule has 6 nitrogen and oxygen atoms in total. The standard InChI is InChI=1S/C20H19N3O3S2/c1-26-17-4-2-15(3-5-17)18(24)13-28-20-23-16(12-27-20)10-19(25)22-11-14-6-8-21-9-7-14/h2-9,12H,10-11,13H2,1H3,(H,22,25). The second-order valence-electron chi connectivity index (χ2n) is 5.85. The topological polar surface area (TPSA) is 81.2 Å². The Kier molecular flexibility index (Phi) is 7.16. The number of ether oxygens (including phenoxy) is 1. The van der Waals surface area contributed by atoms with Crippen LogP contribution in [0.25, 0.3) is 0 Å². The summed E-state index contributed by atoms with van der Waals surface area (Å²) in [6, 6.07) is 10.8. The van der Waals surface area contributed by atoms with Crippen molar-refractivity contribution in [1.82, 2.24) is 15.3 Å². The molecule has 0 radical (unpaired) electrons. The summed E-state index contributed by atoms with van der Waals surface area (Å²) in [4.78, 5) is 32.7. The Labute approximate surface area is 171 Å². The van der Waals surface area contributed by atoms with E-state index in [1.54, 1.807) is 43.8 Å². The van der Waals surface area contributed by atoms with Crippen LogP contribution < -0.4 is 10.1 Å². The van der Waals surface area contributed by atoms with E-state index >= 15 is 0 Å². The first kappa shape index (κ1) is 20.0. The highest BCUT2D eigenvalue weighted by atomic mass is 32.2. The molecule has 0 aliphatic rings. The van der Waals surface area contributed by atoms with Crippen molar-refractivity contribution in [1.29, 1.82) is 0 Å². The van der Waals surface area contributed by atoms with Crippen molar-refractivity contribution in [3.63, 3.8) is 0 Å². The lowest BCUT2D eigenvalue weighted by molar-refractivity contribution is -0.120. The number of nitrogens with zero attached hydrogens (tertiary/aromatic N) is 2. The van der Waals surface area contributed by atoms with E-state index in [0.717, 1.165) is 15.7 Å². The van der Waals surface area contributed by atoms with Crippen molar-refractivity contribution in [2.75, 3.05) is 12.9 Å². The van der Waals surface area contributed by atoms with Gasteiger partial charge in [-0.25, -0.2) is 4.98 Å². The first-order valence-electron chi connectivity index (χ1n) is 8.54. The Balaban J connectivity index is 1.45. The first-order chi connectivity index (χ1) is 13.6. The van der Waals surface area contributed by atoms with Crippen LogP contribution in [0, 0.1) is 0 Å². The predicted molar refractivity (Wildman–Crippen MR) is 110 cm³/mol. The minimum atomic E-state index is -0.0898. The van der Waals surface area contributed by atoms with E-state index in [9.17, 15) is 9.59 Å². The number of hydrogen-bond acceptors (Lipinski definition) is 7. The predicted octanol–water partition coefficient (Wildman–Crippen LogP) is 3.38. The van der Waals surface area contributed by atoms with Gasteiger partial charge in [0.25, 0.3) is 0 Å². The molecule has 0 aliphatic carbocycles. The summed E-state index contributed by atoms with van der Waals surface area (Å²) in [6.07, 6.45) is 3.60. The number of ketones is 1. The van der Waals surface area contributed by atoms with E-state index in [-0.39, 0.29) is 18.1 Å². The Morgan fingerprint density at radius 1 is 1.14 bits per heavy atom. The van der Waals surface area contributed by atoms with Gasteiger partial charge >= 0.3 is 0 Å². The molecule has 0 saturated carbocycles. The molecule has 0 bridgehead atoms. The van der Waals surface area contributed by atoms with Crippen LogP contribution in [0.5, 0.6) is 5.75 Å². The molecule has 1 amide bonds. The van der Waals surface area contributed by atoms with Crippen LogP contribution in [-0.4, -0.2) is 34.5 Å². The summed E-state index contributed by atoms with van der Waals surface area (Å²) < 4.78 is 5.87. The SMILES string of the molecule is COc1ccc(C(=O)CSc2nc(CC(=O)NCc3ccncc3)cs2)cc1. The monoisotopic (exact) mass is 413 g/mol. The average Bonchev–Trinajstić information content (AvgIpc) is 3.18. The van der Waals surface area contributed by atoms with Crippen LogP contribution in [0.3, 0.4) is 0 Å². The highest BCUT2D eigenvalue weighted by Crippen LogP contribution is 2.24. The molecular formula is C20H19N3O3S2. The summed E-state index contributed by atoms with van der Waals surface area (Å²) in [7, 11) is 1.59. The largest absolute Gasteiger partial charge is 0.497 e. The van der Waals surface area contributed by atoms with Crippen LogP contribution >= 0.6 is 23.1 Å². The Hall–Kier alpha value is -2.71. The molecular weight excluding hydrogens is 394 g/mol. The van der Waals surface area contributed by atoms with Crippen LogP contribution in [0.1, 0.15) is 21.6 Å². The van der Waals surface area contributed by atoms with E-state index < -0.39 is 0 Å². The smallest absolute Gasteiger partial charge is 0.226 e. The summed E-state index contributed by atoms with van der Waals surface area (Å²) >= 11 is 2.82. The summed E-state index contributed by atoms with van der Waals surface area (Å²) in [5, 5.41) is 4.72. The first-order valence-corrected chi connectivity index (χ1v) is 10.4. The average molecular weight is 414 g/mol. The zero-order valence-electron chi connectivity index (χ0n) is 15.3. The van der Waals surface area contributed by atoms with E-state index in [2.05, 4.69) is 15.3 Å². The van der Waals surface area contributed by atoms with Gasteiger partial charge in [-0.3, -0.25) is 14.6 Å². The van der Waals surface area contributed by atoms with Crippen LogP contribution in [0.15, 0.2) is 58.5 Å². The second-order valence-corrected chi connectivity index (χ2v) is 7.93. The number of rotatable bonds is 9. The van der Waals surface area contributed by atoms with E-state index in [4.69, 9.17) is 4.74 Å². The minimum absolute atomic E-state index is 0.0273. The van der Waals surface area contributed by atoms with Gasteiger partial charge in [0.1, 0.15) is 5.75 Å². The number of carbonyl (C=O) groups is 2. The molecule has 1 N–H and O–H groups in total. The molecule has 3 aromatic rings. The highest BCUT2D eigenvalue weighted by molar-refractivity contribution is 8.01. The molecule has 0 saturated heterocycles. The molecule has 3 rings (SSSR count). The lowest BCUT2D eigenvalue weighted by Crippen LogP contribution is -2.24. The van der Waals surface area contributed by atoms with Gasteiger partial charge in [0.15, 0.2) is 10.1 Å². The minimum Gasteiger partial charge on any atom is -0.497 e. The fraction of sp³-hybridized carbons (Fsp3) is 0.200. The van der Waals surface area contributed by atoms with Gasteiger partial charge in [0, 0.05) is 29.9 Å². The highest BCUT2D eigenvalue weighted by Gasteiger charge is 2.11. The molecule has 0 atom stereocenters. The van der Waals surface area contributed by atoms with E-state index in [1.807, 2.05) is 17.5 Å². The fourth-order valence-electron chi connectivity index (χ4n) is 2.35. The van der Waals surface area contributed by atoms with Gasteiger partial charge < -0.3 is 10.1 Å². The fourth-order valence-corrected chi connectivity index (χ4v) is 4.09. The van der Waals surface area contributed by atoms with Gasteiger partial charge in [-0.15, -0.1) is 11.3 Å². The van der Waals surface area contributed by atoms with Gasteiger partial charge in [-0.1, -0.05) is 11.8 Å². The number of amides is 1. The van der Waals surface area contributed by atoms with Gasteiger partial charge in [0.2, 0.25) is 5.91 Å². The van der Waals surface area contributed by atoms with Gasteiger partial charge in [0.05, 0.1) is 25.0 Å². The Morgan fingerprint density at radius 3 is 2.61 bits per heavy atom. The number of Topliss-reactive ketones (excluding diaryl/α,β-unsaturated/α-hetero) is 1. The number of nitrogens with one attached hydrogen (secondary N) is 1. The number of methoxy groups -OCH3 is 1. The Bertz CT molecular complexity index is 927. The number of carbonyl (C=O) groups excluding carboxylic acids is 2. The van der Waals surface area contributed by atoms with Crippen LogP contribution in [-0.2, 0) is 17.8 Å². The number of thiazole rings is 1. The molecule has 0 unspecified atom stereocenters. The zero-order valence-corrected chi connectivity index (χ0v) is 16.9. The van der Waals surface area contributed by atoms with Gasteiger partial charge in [-0.05, 0) is 42.0 Å². The molecule has 0 spiro atoms. The molecule has 1 aromatic carbocycles. The van der Waals surface area contributed by atoms with Crippen molar-refractivity contribution in [3.8, 4) is 5.75 Å². The Morgan fingerprint density at radius 2 is 1.89 bits per heavy atom. The molecule has 28 heavy (non-hydrogen) atoms. The summed E-state index contributed by atoms with van der Waals surface area (Å²) in [5.41, 5.74) is 2.34. The maximum Gasteiger partial charge on any atom is 0.226 e. The lowest BCUT2D eigenvalue weighted by Gasteiger charge is -2.03. The molecule has 0 aliphatic heterocycles. The molecule has 144 valence electrons. The van der Waals surface area contributed by atoms with Crippen molar-refractivity contribution >= 4 is 34.8 Å². The number of thioether (sulfide) groups is 1. The van der Waals surface area contributed by atoms with Crippen molar-refractivity contribution in [2.45, 2.75) is 17.3 Å². The van der Waals surface area contributed by atoms with Gasteiger partial charge in [-0.2, -0.15) is 0 Å². The second kappa shape index (κ2) is 10.0. The van der Waals surface area contributed by atoms with E-state index in [0.29, 0.717) is 23.6 Å². The lowest BCUT2D eigenvalue weighted by atomic mass is 10.1. The van der Waals surface area contributed by atoms with E-state index in [1.165, 1.54) is 23.1 Å². The third-order valence-corrected chi connectivity index (χ3v) is 5.92. The third-order valence-electron chi connectivity index (χ3n) is 3.85. The number of benzene rings is 1. The number of aromatic nitrogens is 2. The van der Waals surface area contributed by atoms with Crippen molar-refractivity contribution in [3.05, 3.63) is 71.0 Å². The zero-order chi connectivity index (χ0) is 19.8. The molecule has 0 fully saturated rings. The normalized spacial score (nSPS) is 10.5.